The second-order valence-corrected chi connectivity index (χ2v) is 10.2. The van der Waals surface area contributed by atoms with Gasteiger partial charge in [-0.15, -0.1) is 0 Å². The van der Waals surface area contributed by atoms with Crippen LogP contribution in [-0.2, 0) is 21.2 Å². The number of benzene rings is 2. The molecular weight excluding hydrogens is 402 g/mol. The van der Waals surface area contributed by atoms with Crippen molar-refractivity contribution in [3.8, 4) is 0 Å². The highest BCUT2D eigenvalue weighted by atomic mass is 32.2. The van der Waals surface area contributed by atoms with Gasteiger partial charge in [0.15, 0.2) is 6.35 Å². The van der Waals surface area contributed by atoms with Crippen LogP contribution in [0.25, 0.3) is 0 Å². The number of aryl methyl sites for hydroxylation is 1. The highest BCUT2D eigenvalue weighted by molar-refractivity contribution is 7.89. The van der Waals surface area contributed by atoms with Crippen molar-refractivity contribution in [2.75, 3.05) is 13.1 Å². The molecule has 2 aromatic carbocycles. The molecule has 3 rings (SSSR count). The van der Waals surface area contributed by atoms with Crippen LogP contribution >= 0.6 is 0 Å². The number of amides is 1. The number of likely N-dealkylation sites (tertiary alicyclic amines) is 1. The second kappa shape index (κ2) is 8.85. The lowest BCUT2D eigenvalue weighted by Gasteiger charge is -2.47. The zero-order valence-electron chi connectivity index (χ0n) is 17.5. The van der Waals surface area contributed by atoms with E-state index in [1.807, 2.05) is 30.3 Å². The molecule has 0 bridgehead atoms. The van der Waals surface area contributed by atoms with Crippen LogP contribution in [0.5, 0.6) is 0 Å². The van der Waals surface area contributed by atoms with E-state index in [0.717, 1.165) is 5.56 Å². The summed E-state index contributed by atoms with van der Waals surface area (Å²) in [4.78, 5) is 14.8. The fourth-order valence-electron chi connectivity index (χ4n) is 3.72. The van der Waals surface area contributed by atoms with Gasteiger partial charge in [0.05, 0.1) is 10.9 Å². The lowest BCUT2D eigenvalue weighted by molar-refractivity contribution is -0.144. The Morgan fingerprint density at radius 2 is 1.70 bits per heavy atom. The molecule has 0 saturated carbocycles. The normalized spacial score (nSPS) is 17.8. The predicted molar refractivity (Wildman–Crippen MR) is 115 cm³/mol. The Labute approximate surface area is 178 Å². The largest absolute Gasteiger partial charge is 0.365 e. The number of rotatable bonds is 8. The van der Waals surface area contributed by atoms with Crippen molar-refractivity contribution < 1.29 is 18.3 Å². The van der Waals surface area contributed by atoms with E-state index in [1.54, 1.807) is 30.0 Å². The van der Waals surface area contributed by atoms with Crippen molar-refractivity contribution in [1.29, 1.82) is 0 Å². The van der Waals surface area contributed by atoms with E-state index >= 15 is 0 Å². The quantitative estimate of drug-likeness (QED) is 0.552. The van der Waals surface area contributed by atoms with Gasteiger partial charge in [0, 0.05) is 13.1 Å². The lowest BCUT2D eigenvalue weighted by atomic mass is 9.83. The number of carbonyl (C=O) groups excluding carboxylic acids is 1. The third-order valence-corrected chi connectivity index (χ3v) is 6.71. The number of nitrogens with zero attached hydrogens (tertiary/aromatic N) is 1. The van der Waals surface area contributed by atoms with Gasteiger partial charge < -0.3 is 10.0 Å². The van der Waals surface area contributed by atoms with Gasteiger partial charge in [0.25, 0.3) is 0 Å². The highest BCUT2D eigenvalue weighted by Gasteiger charge is 2.40. The smallest absolute Gasteiger partial charge is 0.244 e. The molecule has 2 aromatic rings. The number of hydrogen-bond donors (Lipinski definition) is 3. The first kappa shape index (κ1) is 22.4. The number of aliphatic hydroxyl groups excluding tert-OH is 1. The summed E-state index contributed by atoms with van der Waals surface area (Å²) in [5, 5.41) is 13.2. The Morgan fingerprint density at radius 1 is 1.10 bits per heavy atom. The minimum Gasteiger partial charge on any atom is -0.365 e. The molecule has 1 unspecified atom stereocenters. The molecule has 1 aliphatic rings. The minimum atomic E-state index is -3.95. The standard InChI is InChI=1S/C22H29N3O4S/c1-16-9-7-8-12-19(16)30(28,29)24-21(27)23-18(13-17-10-5-4-6-11-17)20(26)25-14-22(2,3)15-25/h4-12,18,21,23-24,27H,13-15H2,1-3H3/t18-,21?/m0/s1. The first-order chi connectivity index (χ1) is 14.1. The summed E-state index contributed by atoms with van der Waals surface area (Å²) in [5.41, 5.74) is 1.55. The van der Waals surface area contributed by atoms with Crippen LogP contribution in [0.4, 0.5) is 0 Å². The zero-order valence-corrected chi connectivity index (χ0v) is 18.3. The van der Waals surface area contributed by atoms with Gasteiger partial charge in [-0.2, -0.15) is 4.72 Å². The molecule has 1 amide bonds. The van der Waals surface area contributed by atoms with Gasteiger partial charge in [-0.25, -0.2) is 8.42 Å². The average molecular weight is 432 g/mol. The Kier molecular flexibility index (Phi) is 6.62. The molecule has 1 fully saturated rings. The molecule has 1 heterocycles. The number of sulfonamides is 1. The van der Waals surface area contributed by atoms with Crippen molar-refractivity contribution in [3.05, 3.63) is 65.7 Å². The van der Waals surface area contributed by atoms with Gasteiger partial charge in [-0.1, -0.05) is 62.4 Å². The number of nitrogens with one attached hydrogen (secondary N) is 2. The maximum Gasteiger partial charge on any atom is 0.244 e. The number of hydrogen-bond acceptors (Lipinski definition) is 5. The fraction of sp³-hybridized carbons (Fsp3) is 0.409. The zero-order chi connectivity index (χ0) is 21.9. The van der Waals surface area contributed by atoms with Crippen LogP contribution < -0.4 is 10.0 Å². The Balaban J connectivity index is 1.73. The molecule has 0 aromatic heterocycles. The maximum atomic E-state index is 13.0. The second-order valence-electron chi connectivity index (χ2n) is 8.56. The van der Waals surface area contributed by atoms with E-state index in [4.69, 9.17) is 0 Å². The van der Waals surface area contributed by atoms with Crippen molar-refractivity contribution in [2.45, 2.75) is 44.5 Å². The van der Waals surface area contributed by atoms with E-state index < -0.39 is 22.4 Å². The summed E-state index contributed by atoms with van der Waals surface area (Å²) in [7, 11) is -3.95. The maximum absolute atomic E-state index is 13.0. The fourth-order valence-corrected chi connectivity index (χ4v) is 4.96. The van der Waals surface area contributed by atoms with E-state index in [9.17, 15) is 18.3 Å². The number of aliphatic hydroxyl groups is 1. The minimum absolute atomic E-state index is 0.0675. The topological polar surface area (TPSA) is 98.7 Å². The monoisotopic (exact) mass is 431 g/mol. The van der Waals surface area contributed by atoms with Gasteiger partial charge in [0.1, 0.15) is 0 Å². The summed E-state index contributed by atoms with van der Waals surface area (Å²) in [5.74, 6) is -0.160. The lowest BCUT2D eigenvalue weighted by Crippen LogP contribution is -2.62. The summed E-state index contributed by atoms with van der Waals surface area (Å²) in [6, 6.07) is 15.2. The van der Waals surface area contributed by atoms with Crippen molar-refractivity contribution in [1.82, 2.24) is 14.9 Å². The summed E-state index contributed by atoms with van der Waals surface area (Å²) >= 11 is 0. The number of carbonyl (C=O) groups is 1. The van der Waals surface area contributed by atoms with Crippen LogP contribution in [0.1, 0.15) is 25.0 Å². The Morgan fingerprint density at radius 3 is 2.30 bits per heavy atom. The van der Waals surface area contributed by atoms with E-state index in [-0.39, 0.29) is 16.2 Å². The summed E-state index contributed by atoms with van der Waals surface area (Å²) in [6.07, 6.45) is -1.28. The van der Waals surface area contributed by atoms with E-state index in [2.05, 4.69) is 23.9 Å². The average Bonchev–Trinajstić information content (AvgIpc) is 2.65. The van der Waals surface area contributed by atoms with Crippen LogP contribution in [0.2, 0.25) is 0 Å². The molecule has 1 aliphatic heterocycles. The molecular formula is C22H29N3O4S. The molecule has 162 valence electrons. The Hall–Kier alpha value is -2.26. The van der Waals surface area contributed by atoms with Gasteiger partial charge >= 0.3 is 0 Å². The SMILES string of the molecule is Cc1ccccc1S(=O)(=O)NC(O)N[C@@H](Cc1ccccc1)C(=O)N1CC(C)(C)C1. The van der Waals surface area contributed by atoms with Crippen molar-refractivity contribution >= 4 is 15.9 Å². The van der Waals surface area contributed by atoms with Crippen molar-refractivity contribution in [2.24, 2.45) is 5.41 Å². The van der Waals surface area contributed by atoms with Crippen molar-refractivity contribution in [3.63, 3.8) is 0 Å². The molecule has 0 radical (unpaired) electrons. The van der Waals surface area contributed by atoms with Gasteiger partial charge in [-0.3, -0.25) is 10.1 Å². The third-order valence-electron chi connectivity index (χ3n) is 5.14. The van der Waals surface area contributed by atoms with Crippen LogP contribution in [-0.4, -0.2) is 49.8 Å². The molecule has 0 spiro atoms. The summed E-state index contributed by atoms with van der Waals surface area (Å²) in [6.45, 7) is 7.11. The molecule has 7 nitrogen and oxygen atoms in total. The van der Waals surface area contributed by atoms with Crippen LogP contribution in [0.3, 0.4) is 0 Å². The predicted octanol–water partition coefficient (Wildman–Crippen LogP) is 1.62. The molecule has 8 heteroatoms. The molecule has 3 N–H and O–H groups in total. The molecule has 2 atom stereocenters. The summed E-state index contributed by atoms with van der Waals surface area (Å²) < 4.78 is 27.5. The van der Waals surface area contributed by atoms with E-state index in [1.165, 1.54) is 6.07 Å². The Bertz CT molecular complexity index is 984. The van der Waals surface area contributed by atoms with E-state index in [0.29, 0.717) is 25.1 Å². The van der Waals surface area contributed by atoms with Crippen LogP contribution in [0.15, 0.2) is 59.5 Å². The van der Waals surface area contributed by atoms with Crippen LogP contribution in [0, 0.1) is 12.3 Å². The molecule has 1 saturated heterocycles. The first-order valence-electron chi connectivity index (χ1n) is 9.92. The highest BCUT2D eigenvalue weighted by Crippen LogP contribution is 2.29. The molecule has 0 aliphatic carbocycles. The first-order valence-corrected chi connectivity index (χ1v) is 11.4. The van der Waals surface area contributed by atoms with Gasteiger partial charge in [-0.05, 0) is 36.0 Å². The third kappa shape index (κ3) is 5.46. The van der Waals surface area contributed by atoms with Gasteiger partial charge in [0.2, 0.25) is 15.9 Å². The molecule has 30 heavy (non-hydrogen) atoms.